The summed E-state index contributed by atoms with van der Waals surface area (Å²) in [7, 11) is 1.85. The van der Waals surface area contributed by atoms with Crippen molar-refractivity contribution in [3.05, 3.63) is 17.0 Å². The fourth-order valence-corrected chi connectivity index (χ4v) is 3.14. The number of hydrogen-bond acceptors (Lipinski definition) is 3. The van der Waals surface area contributed by atoms with Gasteiger partial charge >= 0.3 is 0 Å². The van der Waals surface area contributed by atoms with E-state index in [0.717, 1.165) is 54.4 Å². The topological polar surface area (TPSA) is 53.7 Å². The lowest BCUT2D eigenvalue weighted by molar-refractivity contribution is 0.391. The van der Waals surface area contributed by atoms with Crippen molar-refractivity contribution >= 4 is 5.96 Å². The fraction of sp³-hybridized carbons (Fsp3) is 0.750. The number of likely N-dealkylation sites (tertiary alicyclic amines) is 1. The van der Waals surface area contributed by atoms with Crippen LogP contribution in [0, 0.1) is 25.7 Å². The Morgan fingerprint density at radius 3 is 2.81 bits per heavy atom. The van der Waals surface area contributed by atoms with Gasteiger partial charge in [0.05, 0.1) is 5.69 Å². The maximum Gasteiger partial charge on any atom is 0.193 e. The Hall–Kier alpha value is -1.52. The molecule has 1 aromatic heterocycles. The summed E-state index contributed by atoms with van der Waals surface area (Å²) in [4.78, 5) is 6.79. The van der Waals surface area contributed by atoms with Gasteiger partial charge in [-0.1, -0.05) is 19.0 Å². The summed E-state index contributed by atoms with van der Waals surface area (Å²) < 4.78 is 5.20. The fourth-order valence-electron chi connectivity index (χ4n) is 3.14. The molecule has 1 N–H and O–H groups in total. The molecule has 2 rings (SSSR count). The number of aromatic nitrogens is 1. The van der Waals surface area contributed by atoms with Gasteiger partial charge in [-0.2, -0.15) is 0 Å². The van der Waals surface area contributed by atoms with Crippen molar-refractivity contribution in [1.29, 1.82) is 0 Å². The highest BCUT2D eigenvalue weighted by Gasteiger charge is 2.25. The van der Waals surface area contributed by atoms with Gasteiger partial charge in [0, 0.05) is 32.2 Å². The SMILES string of the molecule is CN=C(NCc1c(C)noc1C)N1CCC(CC(C)C)C1. The maximum absolute atomic E-state index is 5.20. The average Bonchev–Trinajstić information content (AvgIpc) is 2.99. The second-order valence-corrected chi connectivity index (χ2v) is 6.43. The third-order valence-corrected chi connectivity index (χ3v) is 4.21. The highest BCUT2D eigenvalue weighted by molar-refractivity contribution is 5.80. The van der Waals surface area contributed by atoms with E-state index in [1.807, 2.05) is 20.9 Å². The predicted molar refractivity (Wildman–Crippen MR) is 85.3 cm³/mol. The molecule has 0 bridgehead atoms. The first-order valence-electron chi connectivity index (χ1n) is 7.88. The highest BCUT2D eigenvalue weighted by atomic mass is 16.5. The Balaban J connectivity index is 1.90. The Morgan fingerprint density at radius 2 is 2.24 bits per heavy atom. The van der Waals surface area contributed by atoms with E-state index < -0.39 is 0 Å². The molecule has 5 heteroatoms. The predicted octanol–water partition coefficient (Wildman–Crippen LogP) is 2.73. The smallest absolute Gasteiger partial charge is 0.193 e. The number of rotatable bonds is 4. The Labute approximate surface area is 127 Å². The molecule has 1 fully saturated rings. The molecule has 1 atom stereocenters. The van der Waals surface area contributed by atoms with Crippen LogP contribution in [0.3, 0.4) is 0 Å². The second kappa shape index (κ2) is 6.96. The van der Waals surface area contributed by atoms with E-state index in [9.17, 15) is 0 Å². The summed E-state index contributed by atoms with van der Waals surface area (Å²) in [5, 5.41) is 7.44. The number of nitrogens with one attached hydrogen (secondary N) is 1. The summed E-state index contributed by atoms with van der Waals surface area (Å²) >= 11 is 0. The van der Waals surface area contributed by atoms with Crippen LogP contribution in [0.25, 0.3) is 0 Å². The molecule has 21 heavy (non-hydrogen) atoms. The summed E-state index contributed by atoms with van der Waals surface area (Å²) in [5.74, 6) is 3.44. The molecule has 0 saturated carbocycles. The highest BCUT2D eigenvalue weighted by Crippen LogP contribution is 2.23. The van der Waals surface area contributed by atoms with Gasteiger partial charge in [0.25, 0.3) is 0 Å². The van der Waals surface area contributed by atoms with Crippen LogP contribution in [-0.2, 0) is 6.54 Å². The second-order valence-electron chi connectivity index (χ2n) is 6.43. The minimum Gasteiger partial charge on any atom is -0.361 e. The first kappa shape index (κ1) is 15.9. The monoisotopic (exact) mass is 292 g/mol. The zero-order valence-electron chi connectivity index (χ0n) is 13.9. The molecule has 0 aliphatic carbocycles. The number of aryl methyl sites for hydroxylation is 2. The first-order chi connectivity index (χ1) is 10.0. The van der Waals surface area contributed by atoms with Gasteiger partial charge in [0.1, 0.15) is 5.76 Å². The van der Waals surface area contributed by atoms with E-state index >= 15 is 0 Å². The lowest BCUT2D eigenvalue weighted by atomic mass is 9.97. The molecule has 5 nitrogen and oxygen atoms in total. The van der Waals surface area contributed by atoms with Crippen LogP contribution in [0.5, 0.6) is 0 Å². The van der Waals surface area contributed by atoms with Crippen molar-refractivity contribution in [1.82, 2.24) is 15.4 Å². The van der Waals surface area contributed by atoms with E-state index in [0.29, 0.717) is 0 Å². The Bertz CT molecular complexity index is 473. The van der Waals surface area contributed by atoms with Crippen molar-refractivity contribution in [2.45, 2.75) is 47.1 Å². The summed E-state index contributed by atoms with van der Waals surface area (Å²) in [6, 6.07) is 0. The molecular weight excluding hydrogens is 264 g/mol. The average molecular weight is 292 g/mol. The molecule has 118 valence electrons. The van der Waals surface area contributed by atoms with Crippen LogP contribution in [-0.4, -0.2) is 36.2 Å². The van der Waals surface area contributed by atoms with E-state index in [1.165, 1.54) is 12.8 Å². The van der Waals surface area contributed by atoms with Gasteiger partial charge in [0.15, 0.2) is 5.96 Å². The van der Waals surface area contributed by atoms with E-state index in [-0.39, 0.29) is 0 Å². The van der Waals surface area contributed by atoms with Crippen LogP contribution < -0.4 is 5.32 Å². The Kier molecular flexibility index (Phi) is 5.26. The molecule has 2 heterocycles. The van der Waals surface area contributed by atoms with Crippen molar-refractivity contribution in [2.75, 3.05) is 20.1 Å². The molecule has 1 saturated heterocycles. The zero-order valence-corrected chi connectivity index (χ0v) is 13.9. The minimum absolute atomic E-state index is 0.721. The standard InChI is InChI=1S/C16H28N4O/c1-11(2)8-14-6-7-20(10-14)16(17-5)18-9-15-12(3)19-21-13(15)4/h11,14H,6-10H2,1-5H3,(H,17,18). The van der Waals surface area contributed by atoms with E-state index in [1.54, 1.807) is 0 Å². The lowest BCUT2D eigenvalue weighted by Gasteiger charge is -2.22. The van der Waals surface area contributed by atoms with E-state index in [4.69, 9.17) is 4.52 Å². The third kappa shape index (κ3) is 3.99. The molecule has 1 unspecified atom stereocenters. The maximum atomic E-state index is 5.20. The van der Waals surface area contributed by atoms with Crippen LogP contribution in [0.1, 0.15) is 43.7 Å². The van der Waals surface area contributed by atoms with Crippen LogP contribution in [0.15, 0.2) is 9.52 Å². The van der Waals surface area contributed by atoms with Crippen molar-refractivity contribution in [3.63, 3.8) is 0 Å². The minimum atomic E-state index is 0.721. The molecule has 0 amide bonds. The summed E-state index contributed by atoms with van der Waals surface area (Å²) in [5.41, 5.74) is 2.09. The summed E-state index contributed by atoms with van der Waals surface area (Å²) in [6.45, 7) is 11.5. The molecule has 0 radical (unpaired) electrons. The van der Waals surface area contributed by atoms with Gasteiger partial charge in [-0.15, -0.1) is 0 Å². The number of guanidine groups is 1. The van der Waals surface area contributed by atoms with Gasteiger partial charge in [-0.05, 0) is 38.5 Å². The molecule has 1 aliphatic rings. The third-order valence-electron chi connectivity index (χ3n) is 4.21. The van der Waals surface area contributed by atoms with E-state index in [2.05, 4.69) is 34.2 Å². The molecule has 0 aromatic carbocycles. The van der Waals surface area contributed by atoms with Crippen molar-refractivity contribution in [2.24, 2.45) is 16.8 Å². The van der Waals surface area contributed by atoms with Gasteiger partial charge < -0.3 is 14.7 Å². The zero-order chi connectivity index (χ0) is 15.4. The molecule has 1 aliphatic heterocycles. The molecule has 1 aromatic rings. The van der Waals surface area contributed by atoms with Crippen LogP contribution >= 0.6 is 0 Å². The molecule has 0 spiro atoms. The van der Waals surface area contributed by atoms with Crippen LogP contribution in [0.4, 0.5) is 0 Å². The Morgan fingerprint density at radius 1 is 1.48 bits per heavy atom. The van der Waals surface area contributed by atoms with Crippen LogP contribution in [0.2, 0.25) is 0 Å². The van der Waals surface area contributed by atoms with Crippen molar-refractivity contribution < 1.29 is 4.52 Å². The number of nitrogens with zero attached hydrogens (tertiary/aromatic N) is 3. The van der Waals surface area contributed by atoms with Gasteiger partial charge in [-0.25, -0.2) is 0 Å². The largest absolute Gasteiger partial charge is 0.361 e. The normalized spacial score (nSPS) is 19.6. The first-order valence-corrected chi connectivity index (χ1v) is 7.88. The summed E-state index contributed by atoms with van der Waals surface area (Å²) in [6.07, 6.45) is 2.57. The van der Waals surface area contributed by atoms with Crippen molar-refractivity contribution in [3.8, 4) is 0 Å². The number of hydrogen-bond donors (Lipinski definition) is 1. The molecular formula is C16H28N4O. The quantitative estimate of drug-likeness (QED) is 0.685. The van der Waals surface area contributed by atoms with Gasteiger partial charge in [0.2, 0.25) is 0 Å². The lowest BCUT2D eigenvalue weighted by Crippen LogP contribution is -2.39. The number of aliphatic imine (C=N–C) groups is 1. The van der Waals surface area contributed by atoms with Gasteiger partial charge in [-0.3, -0.25) is 4.99 Å².